The van der Waals surface area contributed by atoms with Crippen molar-refractivity contribution in [1.29, 1.82) is 0 Å². The molecular formula is C21H20FN5O3S. The number of carbonyl (C=O) groups excluding carboxylic acids is 1. The third kappa shape index (κ3) is 3.86. The zero-order chi connectivity index (χ0) is 22.2. The quantitative estimate of drug-likeness (QED) is 0.640. The molecule has 0 radical (unpaired) electrons. The van der Waals surface area contributed by atoms with E-state index in [1.165, 1.54) is 36.2 Å². The van der Waals surface area contributed by atoms with E-state index in [-0.39, 0.29) is 23.6 Å². The molecule has 10 heteroatoms. The molecule has 2 N–H and O–H groups in total. The van der Waals surface area contributed by atoms with Gasteiger partial charge in [0.2, 0.25) is 0 Å². The van der Waals surface area contributed by atoms with E-state index in [9.17, 15) is 19.1 Å². The van der Waals surface area contributed by atoms with E-state index in [1.54, 1.807) is 24.8 Å². The third-order valence-electron chi connectivity index (χ3n) is 5.56. The molecule has 0 saturated carbocycles. The van der Waals surface area contributed by atoms with Gasteiger partial charge < -0.3 is 15.3 Å². The van der Waals surface area contributed by atoms with E-state index >= 15 is 0 Å². The van der Waals surface area contributed by atoms with Gasteiger partial charge in [-0.15, -0.1) is 0 Å². The van der Waals surface area contributed by atoms with Crippen molar-refractivity contribution in [3.05, 3.63) is 70.0 Å². The highest BCUT2D eigenvalue weighted by Gasteiger charge is 2.45. The minimum atomic E-state index is -1.18. The topological polar surface area (TPSA) is 108 Å². The molecule has 0 spiro atoms. The minimum Gasteiger partial charge on any atom is -0.478 e. The van der Waals surface area contributed by atoms with Gasteiger partial charge in [0.1, 0.15) is 22.7 Å². The number of anilines is 1. The number of carboxylic acid groups (broad SMARTS) is 1. The van der Waals surface area contributed by atoms with E-state index in [4.69, 9.17) is 0 Å². The Morgan fingerprint density at radius 1 is 1.26 bits per heavy atom. The SMILES string of the molecule is Cc1cc(NC(=O)N2CC[C@](c3ccc(C)c(F)c3)(c3ncns3)C2)c(C(=O)O)cn1. The number of hydrogen-bond acceptors (Lipinski definition) is 6. The standard InChI is InChI=1S/C21H20FN5O3S/c1-12-3-4-14(8-16(12)22)21(19-24-11-25-31-19)5-6-27(10-21)20(30)26-17-7-13(2)23-9-15(17)18(28)29/h3-4,7-9,11H,5-6,10H2,1-2H3,(H,28,29)(H,23,26,30)/t21-/m0/s1. The van der Waals surface area contributed by atoms with Crippen LogP contribution in [-0.4, -0.2) is 49.4 Å². The summed E-state index contributed by atoms with van der Waals surface area (Å²) in [6, 6.07) is 6.15. The molecule has 1 atom stereocenters. The summed E-state index contributed by atoms with van der Waals surface area (Å²) < 4.78 is 18.5. The van der Waals surface area contributed by atoms with Crippen LogP contribution in [0.25, 0.3) is 0 Å². The van der Waals surface area contributed by atoms with Crippen LogP contribution in [0.2, 0.25) is 0 Å². The van der Waals surface area contributed by atoms with E-state index in [0.29, 0.717) is 29.2 Å². The number of amides is 2. The summed E-state index contributed by atoms with van der Waals surface area (Å²) >= 11 is 1.22. The molecule has 8 nitrogen and oxygen atoms in total. The van der Waals surface area contributed by atoms with Gasteiger partial charge in [0.15, 0.2) is 0 Å². The zero-order valence-corrected chi connectivity index (χ0v) is 17.7. The Morgan fingerprint density at radius 2 is 2.06 bits per heavy atom. The smallest absolute Gasteiger partial charge is 0.339 e. The average molecular weight is 441 g/mol. The summed E-state index contributed by atoms with van der Waals surface area (Å²) in [5.74, 6) is -1.50. The molecule has 1 aromatic carbocycles. The number of carbonyl (C=O) groups is 2. The van der Waals surface area contributed by atoms with Crippen molar-refractivity contribution >= 4 is 29.2 Å². The van der Waals surface area contributed by atoms with Crippen molar-refractivity contribution in [2.75, 3.05) is 18.4 Å². The number of pyridine rings is 1. The Balaban J connectivity index is 1.64. The highest BCUT2D eigenvalue weighted by molar-refractivity contribution is 7.05. The second kappa shape index (κ2) is 8.03. The summed E-state index contributed by atoms with van der Waals surface area (Å²) in [6.07, 6.45) is 3.21. The molecule has 3 heterocycles. The van der Waals surface area contributed by atoms with Gasteiger partial charge in [0.05, 0.1) is 11.1 Å². The number of likely N-dealkylation sites (tertiary alicyclic amines) is 1. The first kappa shape index (κ1) is 20.9. The average Bonchev–Trinajstić information content (AvgIpc) is 3.40. The molecule has 1 aliphatic rings. The van der Waals surface area contributed by atoms with Gasteiger partial charge >= 0.3 is 12.0 Å². The van der Waals surface area contributed by atoms with Crippen LogP contribution in [0.15, 0.2) is 36.8 Å². The van der Waals surface area contributed by atoms with Crippen LogP contribution < -0.4 is 5.32 Å². The summed E-state index contributed by atoms with van der Waals surface area (Å²) in [5.41, 5.74) is 1.26. The molecule has 1 saturated heterocycles. The predicted octanol–water partition coefficient (Wildman–Crippen LogP) is 3.61. The summed E-state index contributed by atoms with van der Waals surface area (Å²) in [5, 5.41) is 12.8. The third-order valence-corrected chi connectivity index (χ3v) is 6.43. The molecule has 31 heavy (non-hydrogen) atoms. The van der Waals surface area contributed by atoms with Gasteiger partial charge in [0.25, 0.3) is 0 Å². The van der Waals surface area contributed by atoms with Gasteiger partial charge in [-0.05, 0) is 55.1 Å². The van der Waals surface area contributed by atoms with Crippen LogP contribution in [0.1, 0.15) is 38.6 Å². The Bertz CT molecular complexity index is 1150. The highest BCUT2D eigenvalue weighted by Crippen LogP contribution is 2.42. The molecule has 2 aromatic heterocycles. The Morgan fingerprint density at radius 3 is 2.74 bits per heavy atom. The van der Waals surface area contributed by atoms with Crippen LogP contribution in [-0.2, 0) is 5.41 Å². The van der Waals surface area contributed by atoms with Crippen molar-refractivity contribution in [3.63, 3.8) is 0 Å². The first-order valence-electron chi connectivity index (χ1n) is 9.60. The fourth-order valence-corrected chi connectivity index (χ4v) is 4.57. The molecule has 1 fully saturated rings. The van der Waals surface area contributed by atoms with Gasteiger partial charge in [0, 0.05) is 25.0 Å². The number of aromatic nitrogens is 3. The van der Waals surface area contributed by atoms with E-state index < -0.39 is 17.4 Å². The molecule has 4 rings (SSSR count). The minimum absolute atomic E-state index is 0.0888. The lowest BCUT2D eigenvalue weighted by Crippen LogP contribution is -2.38. The largest absolute Gasteiger partial charge is 0.478 e. The zero-order valence-electron chi connectivity index (χ0n) is 16.9. The molecule has 160 valence electrons. The van der Waals surface area contributed by atoms with Crippen molar-refractivity contribution in [2.45, 2.75) is 25.7 Å². The number of halogens is 1. The fraction of sp³-hybridized carbons (Fsp3) is 0.286. The first-order valence-corrected chi connectivity index (χ1v) is 10.4. The van der Waals surface area contributed by atoms with Crippen LogP contribution in [0.5, 0.6) is 0 Å². The van der Waals surface area contributed by atoms with E-state index in [0.717, 1.165) is 5.56 Å². The molecule has 1 aliphatic heterocycles. The Labute approximate surface area is 181 Å². The van der Waals surface area contributed by atoms with E-state index in [2.05, 4.69) is 19.7 Å². The summed E-state index contributed by atoms with van der Waals surface area (Å²) in [4.78, 5) is 34.4. The lowest BCUT2D eigenvalue weighted by Gasteiger charge is -2.28. The van der Waals surface area contributed by atoms with Gasteiger partial charge in [-0.25, -0.2) is 19.0 Å². The van der Waals surface area contributed by atoms with Crippen molar-refractivity contribution in [2.24, 2.45) is 0 Å². The van der Waals surface area contributed by atoms with Crippen molar-refractivity contribution in [1.82, 2.24) is 19.2 Å². The number of rotatable bonds is 4. The lowest BCUT2D eigenvalue weighted by atomic mass is 9.80. The number of aryl methyl sites for hydroxylation is 2. The van der Waals surface area contributed by atoms with Gasteiger partial charge in [-0.3, -0.25) is 4.98 Å². The molecular weight excluding hydrogens is 421 g/mol. The molecule has 3 aromatic rings. The second-order valence-electron chi connectivity index (χ2n) is 7.57. The van der Waals surface area contributed by atoms with Crippen molar-refractivity contribution < 1.29 is 19.1 Å². The maximum Gasteiger partial charge on any atom is 0.339 e. The van der Waals surface area contributed by atoms with E-state index in [1.807, 2.05) is 6.07 Å². The number of benzene rings is 1. The van der Waals surface area contributed by atoms with Crippen LogP contribution >= 0.6 is 11.5 Å². The fourth-order valence-electron chi connectivity index (χ4n) is 3.82. The van der Waals surface area contributed by atoms with Crippen molar-refractivity contribution in [3.8, 4) is 0 Å². The normalized spacial score (nSPS) is 18.2. The number of aromatic carboxylic acids is 1. The molecule has 0 bridgehead atoms. The lowest BCUT2D eigenvalue weighted by molar-refractivity contribution is 0.0697. The van der Waals surface area contributed by atoms with Gasteiger partial charge in [-0.1, -0.05) is 12.1 Å². The van der Waals surface area contributed by atoms with Crippen LogP contribution in [0.4, 0.5) is 14.9 Å². The monoisotopic (exact) mass is 441 g/mol. The summed E-state index contributed by atoms with van der Waals surface area (Å²) in [6.45, 7) is 4.07. The van der Waals surface area contributed by atoms with Gasteiger partial charge in [-0.2, -0.15) is 4.37 Å². The molecule has 0 unspecified atom stereocenters. The number of urea groups is 1. The first-order chi connectivity index (χ1) is 14.8. The van der Waals surface area contributed by atoms with Crippen LogP contribution in [0.3, 0.4) is 0 Å². The molecule has 0 aliphatic carbocycles. The number of hydrogen-bond donors (Lipinski definition) is 2. The maximum absolute atomic E-state index is 14.4. The summed E-state index contributed by atoms with van der Waals surface area (Å²) in [7, 11) is 0. The second-order valence-corrected chi connectivity index (χ2v) is 8.35. The number of nitrogens with zero attached hydrogens (tertiary/aromatic N) is 4. The Hall–Kier alpha value is -3.40. The number of carboxylic acids is 1. The number of nitrogens with one attached hydrogen (secondary N) is 1. The van der Waals surface area contributed by atoms with Crippen LogP contribution in [0, 0.1) is 19.7 Å². The Kier molecular flexibility index (Phi) is 5.40. The molecule has 2 amide bonds. The maximum atomic E-state index is 14.4. The highest BCUT2D eigenvalue weighted by atomic mass is 32.1. The predicted molar refractivity (Wildman–Crippen MR) is 113 cm³/mol.